The Balaban J connectivity index is 1.43. The van der Waals surface area contributed by atoms with Gasteiger partial charge < -0.3 is 15.5 Å². The average Bonchev–Trinajstić information content (AvgIpc) is 3.02. The van der Waals surface area contributed by atoms with Crippen LogP contribution in [0.2, 0.25) is 5.02 Å². The molecular formula is C21H18ClN3O2. The summed E-state index contributed by atoms with van der Waals surface area (Å²) in [6.45, 7) is 0.434. The molecule has 1 saturated heterocycles. The molecule has 136 valence electrons. The monoisotopic (exact) mass is 379 g/mol. The van der Waals surface area contributed by atoms with Crippen molar-refractivity contribution >= 4 is 45.7 Å². The van der Waals surface area contributed by atoms with Crippen LogP contribution in [0, 0.1) is 0 Å². The number of carbonyl (C=O) groups excluding carboxylic acids is 2. The van der Waals surface area contributed by atoms with Gasteiger partial charge in [-0.2, -0.15) is 0 Å². The molecule has 0 unspecified atom stereocenters. The molecule has 3 amide bonds. The fraction of sp³-hybridized carbons (Fsp3) is 0.143. The van der Waals surface area contributed by atoms with E-state index in [0.717, 1.165) is 22.1 Å². The number of rotatable bonds is 3. The lowest BCUT2D eigenvalue weighted by Gasteiger charge is -2.17. The van der Waals surface area contributed by atoms with Crippen LogP contribution in [0.1, 0.15) is 6.42 Å². The van der Waals surface area contributed by atoms with Crippen molar-refractivity contribution in [3.63, 3.8) is 0 Å². The van der Waals surface area contributed by atoms with E-state index in [-0.39, 0.29) is 24.4 Å². The van der Waals surface area contributed by atoms with Gasteiger partial charge in [0.1, 0.15) is 0 Å². The summed E-state index contributed by atoms with van der Waals surface area (Å²) in [4.78, 5) is 26.4. The van der Waals surface area contributed by atoms with Gasteiger partial charge in [0.15, 0.2) is 0 Å². The van der Waals surface area contributed by atoms with Crippen LogP contribution in [0.5, 0.6) is 0 Å². The lowest BCUT2D eigenvalue weighted by molar-refractivity contribution is -0.117. The van der Waals surface area contributed by atoms with Gasteiger partial charge in [-0.1, -0.05) is 48.0 Å². The maximum Gasteiger partial charge on any atom is 0.319 e. The number of urea groups is 1. The summed E-state index contributed by atoms with van der Waals surface area (Å²) < 4.78 is 0. The van der Waals surface area contributed by atoms with Crippen molar-refractivity contribution in [3.05, 3.63) is 71.8 Å². The first-order valence-electron chi connectivity index (χ1n) is 8.71. The summed E-state index contributed by atoms with van der Waals surface area (Å²) in [5.41, 5.74) is 1.52. The summed E-state index contributed by atoms with van der Waals surface area (Å²) in [6.07, 6.45) is 0.269. The second kappa shape index (κ2) is 7.29. The number of fused-ring (bicyclic) bond motifs is 1. The lowest BCUT2D eigenvalue weighted by atomic mass is 10.1. The molecule has 4 rings (SSSR count). The fourth-order valence-corrected chi connectivity index (χ4v) is 3.48. The first-order valence-corrected chi connectivity index (χ1v) is 9.09. The van der Waals surface area contributed by atoms with Gasteiger partial charge in [0.25, 0.3) is 0 Å². The third-order valence-corrected chi connectivity index (χ3v) is 4.89. The van der Waals surface area contributed by atoms with Crippen LogP contribution < -0.4 is 15.5 Å². The smallest absolute Gasteiger partial charge is 0.319 e. The van der Waals surface area contributed by atoms with Crippen LogP contribution in [0.3, 0.4) is 0 Å². The van der Waals surface area contributed by atoms with E-state index < -0.39 is 0 Å². The van der Waals surface area contributed by atoms with E-state index in [9.17, 15) is 9.59 Å². The Morgan fingerprint density at radius 2 is 1.74 bits per heavy atom. The number of carbonyl (C=O) groups is 2. The van der Waals surface area contributed by atoms with Crippen LogP contribution >= 0.6 is 11.6 Å². The molecule has 27 heavy (non-hydrogen) atoms. The molecule has 1 atom stereocenters. The van der Waals surface area contributed by atoms with Crippen molar-refractivity contribution < 1.29 is 9.59 Å². The van der Waals surface area contributed by atoms with Crippen molar-refractivity contribution in [3.8, 4) is 0 Å². The molecule has 0 aliphatic carbocycles. The second-order valence-corrected chi connectivity index (χ2v) is 6.94. The van der Waals surface area contributed by atoms with Crippen LogP contribution in [0.4, 0.5) is 16.2 Å². The van der Waals surface area contributed by atoms with Gasteiger partial charge in [-0.3, -0.25) is 4.79 Å². The van der Waals surface area contributed by atoms with Gasteiger partial charge in [0.2, 0.25) is 5.91 Å². The van der Waals surface area contributed by atoms with E-state index in [1.54, 1.807) is 29.2 Å². The standard InChI is InChI=1S/C21H18ClN3O2/c22-15-8-10-17(11-9-15)25-13-16(12-20(25)26)23-21(27)24-19-7-3-5-14-4-1-2-6-18(14)19/h1-11,16H,12-13H2,(H2,23,24,27)/t16-/m1/s1. The molecule has 0 bridgehead atoms. The third kappa shape index (κ3) is 3.73. The number of benzene rings is 3. The molecule has 1 fully saturated rings. The zero-order valence-corrected chi connectivity index (χ0v) is 15.2. The minimum atomic E-state index is -0.317. The number of halogens is 1. The second-order valence-electron chi connectivity index (χ2n) is 6.51. The predicted molar refractivity (Wildman–Crippen MR) is 108 cm³/mol. The molecule has 1 heterocycles. The van der Waals surface area contributed by atoms with Crippen molar-refractivity contribution in [2.24, 2.45) is 0 Å². The van der Waals surface area contributed by atoms with Crippen molar-refractivity contribution in [2.75, 3.05) is 16.8 Å². The van der Waals surface area contributed by atoms with E-state index in [1.807, 2.05) is 42.5 Å². The van der Waals surface area contributed by atoms with Crippen molar-refractivity contribution in [1.29, 1.82) is 0 Å². The number of hydrogen-bond acceptors (Lipinski definition) is 2. The normalized spacial score (nSPS) is 16.6. The van der Waals surface area contributed by atoms with Crippen LogP contribution in [0.15, 0.2) is 66.7 Å². The van der Waals surface area contributed by atoms with Gasteiger partial charge in [-0.25, -0.2) is 4.79 Å². The van der Waals surface area contributed by atoms with Gasteiger partial charge in [0.05, 0.1) is 11.7 Å². The molecule has 0 aromatic heterocycles. The molecule has 0 saturated carbocycles. The van der Waals surface area contributed by atoms with Gasteiger partial charge in [0, 0.05) is 29.1 Å². The highest BCUT2D eigenvalue weighted by Gasteiger charge is 2.31. The molecule has 3 aromatic rings. The Labute approximate surface area is 161 Å². The first kappa shape index (κ1) is 17.4. The van der Waals surface area contributed by atoms with Crippen molar-refractivity contribution in [1.82, 2.24) is 5.32 Å². The van der Waals surface area contributed by atoms with Gasteiger partial charge >= 0.3 is 6.03 Å². The first-order chi connectivity index (χ1) is 13.1. The zero-order valence-electron chi connectivity index (χ0n) is 14.5. The Morgan fingerprint density at radius 1 is 1.00 bits per heavy atom. The van der Waals surface area contributed by atoms with Crippen LogP contribution in [-0.4, -0.2) is 24.5 Å². The summed E-state index contributed by atoms with van der Waals surface area (Å²) in [5, 5.41) is 8.43. The fourth-order valence-electron chi connectivity index (χ4n) is 3.35. The van der Waals surface area contributed by atoms with Crippen LogP contribution in [-0.2, 0) is 4.79 Å². The highest BCUT2D eigenvalue weighted by Crippen LogP contribution is 2.25. The summed E-state index contributed by atoms with van der Waals surface area (Å²) >= 11 is 5.90. The number of anilines is 2. The molecule has 0 radical (unpaired) electrons. The Hall–Kier alpha value is -3.05. The molecule has 6 heteroatoms. The predicted octanol–water partition coefficient (Wildman–Crippen LogP) is 4.42. The number of nitrogens with one attached hydrogen (secondary N) is 2. The van der Waals surface area contributed by atoms with Gasteiger partial charge in [-0.15, -0.1) is 0 Å². The summed E-state index contributed by atoms with van der Waals surface area (Å²) in [5.74, 6) is -0.0206. The van der Waals surface area contributed by atoms with E-state index in [2.05, 4.69) is 10.6 Å². The van der Waals surface area contributed by atoms with E-state index in [1.165, 1.54) is 0 Å². The SMILES string of the molecule is O=C(Nc1cccc2ccccc12)N[C@@H]1CC(=O)N(c2ccc(Cl)cc2)C1. The summed E-state index contributed by atoms with van der Waals surface area (Å²) in [7, 11) is 0. The minimum absolute atomic E-state index is 0.0206. The Morgan fingerprint density at radius 3 is 2.56 bits per heavy atom. The largest absolute Gasteiger partial charge is 0.333 e. The Bertz CT molecular complexity index is 998. The lowest BCUT2D eigenvalue weighted by Crippen LogP contribution is -2.39. The van der Waals surface area contributed by atoms with Crippen molar-refractivity contribution in [2.45, 2.75) is 12.5 Å². The molecule has 1 aliphatic heterocycles. The number of nitrogens with zero attached hydrogens (tertiary/aromatic N) is 1. The van der Waals surface area contributed by atoms with Crippen LogP contribution in [0.25, 0.3) is 10.8 Å². The molecule has 0 spiro atoms. The number of amides is 3. The average molecular weight is 380 g/mol. The zero-order chi connectivity index (χ0) is 18.8. The molecule has 3 aromatic carbocycles. The van der Waals surface area contributed by atoms with E-state index >= 15 is 0 Å². The van der Waals surface area contributed by atoms with Gasteiger partial charge in [-0.05, 0) is 35.7 Å². The number of hydrogen-bond donors (Lipinski definition) is 2. The highest BCUT2D eigenvalue weighted by molar-refractivity contribution is 6.30. The quantitative estimate of drug-likeness (QED) is 0.707. The third-order valence-electron chi connectivity index (χ3n) is 4.64. The highest BCUT2D eigenvalue weighted by atomic mass is 35.5. The molecule has 2 N–H and O–H groups in total. The molecule has 5 nitrogen and oxygen atoms in total. The summed E-state index contributed by atoms with van der Waals surface area (Å²) in [6, 6.07) is 20.2. The van der Waals surface area contributed by atoms with E-state index in [4.69, 9.17) is 11.6 Å². The minimum Gasteiger partial charge on any atom is -0.333 e. The molecule has 1 aliphatic rings. The van der Waals surface area contributed by atoms with E-state index in [0.29, 0.717) is 11.6 Å². The molecular weight excluding hydrogens is 362 g/mol. The maximum atomic E-state index is 12.4. The Kier molecular flexibility index (Phi) is 4.69. The maximum absolute atomic E-state index is 12.4. The topological polar surface area (TPSA) is 61.4 Å².